The van der Waals surface area contributed by atoms with Crippen LogP contribution in [0.25, 0.3) is 0 Å². The molecule has 0 saturated carbocycles. The average Bonchev–Trinajstić information content (AvgIpc) is 1.58. The maximum Gasteiger partial charge on any atom is 0.0871 e. The minimum absolute atomic E-state index is 0.269. The maximum absolute atomic E-state index is 8.50. The second-order valence-electron chi connectivity index (χ2n) is 1.73. The maximum atomic E-state index is 8.50. The Morgan fingerprint density at radius 2 is 2.29 bits per heavy atom. The highest BCUT2D eigenvalue weighted by Gasteiger charge is 2.23. The first-order chi connectivity index (χ1) is 3.33. The first kappa shape index (κ1) is 5.03. The summed E-state index contributed by atoms with van der Waals surface area (Å²) in [5.41, 5.74) is 0. The Hall–Kier alpha value is -0.120. The van der Waals surface area contributed by atoms with E-state index in [1.165, 1.54) is 5.06 Å². The van der Waals surface area contributed by atoms with Crippen LogP contribution in [-0.4, -0.2) is 36.6 Å². The fourth-order valence-electron chi connectivity index (χ4n) is 0.566. The molecule has 0 aromatic carbocycles. The molecule has 7 heavy (non-hydrogen) atoms. The third-order valence-electron chi connectivity index (χ3n) is 1.16. The summed E-state index contributed by atoms with van der Waals surface area (Å²) in [5.74, 6) is 0. The highest BCUT2D eigenvalue weighted by Crippen LogP contribution is 2.05. The summed E-state index contributed by atoms with van der Waals surface area (Å²) < 4.78 is 4.85. The lowest BCUT2D eigenvalue weighted by atomic mass is 10.2. The monoisotopic (exact) mass is 103 g/mol. The minimum Gasteiger partial charge on any atom is -0.379 e. The Morgan fingerprint density at radius 3 is 2.43 bits per heavy atom. The van der Waals surface area contributed by atoms with Gasteiger partial charge in [0.05, 0.1) is 19.2 Å². The number of methoxy groups -OCH3 is 1. The van der Waals surface area contributed by atoms with Gasteiger partial charge in [-0.25, -0.2) is 0 Å². The predicted octanol–water partition coefficient (Wildman–Crippen LogP) is -0.294. The third kappa shape index (κ3) is 0.907. The molecule has 0 atom stereocenters. The molecular weight excluding hydrogens is 94.0 g/mol. The molecule has 0 unspecified atom stereocenters. The van der Waals surface area contributed by atoms with Crippen LogP contribution in [-0.2, 0) is 4.74 Å². The molecule has 0 aliphatic carbocycles. The van der Waals surface area contributed by atoms with E-state index in [9.17, 15) is 0 Å². The van der Waals surface area contributed by atoms with Crippen molar-refractivity contribution in [3.05, 3.63) is 0 Å². The van der Waals surface area contributed by atoms with Gasteiger partial charge in [0.25, 0.3) is 0 Å². The van der Waals surface area contributed by atoms with E-state index in [1.54, 1.807) is 7.11 Å². The number of hydrogen-bond acceptors (Lipinski definition) is 3. The predicted molar refractivity (Wildman–Crippen MR) is 24.2 cm³/mol. The van der Waals surface area contributed by atoms with Crippen LogP contribution in [0.3, 0.4) is 0 Å². The van der Waals surface area contributed by atoms with Gasteiger partial charge in [0.1, 0.15) is 0 Å². The van der Waals surface area contributed by atoms with Crippen LogP contribution >= 0.6 is 0 Å². The van der Waals surface area contributed by atoms with Gasteiger partial charge in [-0.05, 0) is 0 Å². The van der Waals surface area contributed by atoms with Gasteiger partial charge < -0.3 is 9.94 Å². The van der Waals surface area contributed by atoms with Crippen LogP contribution in [0.15, 0.2) is 0 Å². The summed E-state index contributed by atoms with van der Waals surface area (Å²) in [7, 11) is 1.65. The molecule has 42 valence electrons. The van der Waals surface area contributed by atoms with Crippen molar-refractivity contribution in [3.8, 4) is 0 Å². The summed E-state index contributed by atoms with van der Waals surface area (Å²) in [4.78, 5) is 0. The summed E-state index contributed by atoms with van der Waals surface area (Å²) >= 11 is 0. The smallest absolute Gasteiger partial charge is 0.0871 e. The van der Waals surface area contributed by atoms with Crippen molar-refractivity contribution in [1.29, 1.82) is 0 Å². The molecule has 1 aliphatic heterocycles. The first-order valence-corrected chi connectivity index (χ1v) is 2.29. The number of hydrogen-bond donors (Lipinski definition) is 1. The Kier molecular flexibility index (Phi) is 1.27. The Bertz CT molecular complexity index is 60.7. The van der Waals surface area contributed by atoms with Crippen molar-refractivity contribution in [3.63, 3.8) is 0 Å². The summed E-state index contributed by atoms with van der Waals surface area (Å²) in [5, 5.41) is 9.73. The van der Waals surface area contributed by atoms with Crippen molar-refractivity contribution < 1.29 is 9.94 Å². The van der Waals surface area contributed by atoms with Crippen molar-refractivity contribution >= 4 is 0 Å². The number of rotatable bonds is 1. The Morgan fingerprint density at radius 1 is 1.71 bits per heavy atom. The number of hydroxylamine groups is 2. The van der Waals surface area contributed by atoms with E-state index in [1.807, 2.05) is 0 Å². The van der Waals surface area contributed by atoms with Gasteiger partial charge in [0.15, 0.2) is 0 Å². The third-order valence-corrected chi connectivity index (χ3v) is 1.16. The molecule has 0 aromatic heterocycles. The van der Waals surface area contributed by atoms with Crippen LogP contribution in [0.4, 0.5) is 0 Å². The second kappa shape index (κ2) is 1.78. The minimum atomic E-state index is 0.269. The molecule has 0 amide bonds. The lowest BCUT2D eigenvalue weighted by molar-refractivity contribution is -0.198. The molecule has 1 heterocycles. The fraction of sp³-hybridized carbons (Fsp3) is 1.00. The normalized spacial score (nSPS) is 24.9. The molecule has 1 saturated heterocycles. The quantitative estimate of drug-likeness (QED) is 0.495. The zero-order valence-electron chi connectivity index (χ0n) is 4.29. The number of ether oxygens (including phenoxy) is 1. The van der Waals surface area contributed by atoms with Crippen molar-refractivity contribution in [2.75, 3.05) is 20.2 Å². The standard InChI is InChI=1S/C4H9NO2/c1-7-4-2-5(6)3-4/h4,6H,2-3H2,1H3. The molecule has 1 fully saturated rings. The molecule has 3 nitrogen and oxygen atoms in total. The van der Waals surface area contributed by atoms with Crippen LogP contribution in [0.5, 0.6) is 0 Å². The second-order valence-corrected chi connectivity index (χ2v) is 1.73. The van der Waals surface area contributed by atoms with E-state index in [-0.39, 0.29) is 6.10 Å². The fourth-order valence-corrected chi connectivity index (χ4v) is 0.566. The van der Waals surface area contributed by atoms with Gasteiger partial charge in [-0.15, -0.1) is 0 Å². The van der Waals surface area contributed by atoms with Crippen molar-refractivity contribution in [2.45, 2.75) is 6.10 Å². The van der Waals surface area contributed by atoms with Crippen LogP contribution < -0.4 is 0 Å². The SMILES string of the molecule is COC1CN(O)C1. The van der Waals surface area contributed by atoms with Crippen molar-refractivity contribution in [2.24, 2.45) is 0 Å². The molecule has 1 aliphatic rings. The van der Waals surface area contributed by atoms with Gasteiger partial charge in [-0.3, -0.25) is 0 Å². The van der Waals surface area contributed by atoms with Crippen LogP contribution in [0.1, 0.15) is 0 Å². The Labute approximate surface area is 42.4 Å². The van der Waals surface area contributed by atoms with E-state index in [0.29, 0.717) is 13.1 Å². The average molecular weight is 103 g/mol. The lowest BCUT2D eigenvalue weighted by Crippen LogP contribution is -2.49. The molecular formula is C4H9NO2. The highest BCUT2D eigenvalue weighted by atomic mass is 16.5. The first-order valence-electron chi connectivity index (χ1n) is 2.29. The van der Waals surface area contributed by atoms with Crippen molar-refractivity contribution in [1.82, 2.24) is 5.06 Å². The zero-order valence-corrected chi connectivity index (χ0v) is 4.29. The molecule has 1 rings (SSSR count). The molecule has 0 bridgehead atoms. The molecule has 1 N–H and O–H groups in total. The van der Waals surface area contributed by atoms with Crippen LogP contribution in [0, 0.1) is 0 Å². The van der Waals surface area contributed by atoms with E-state index in [0.717, 1.165) is 0 Å². The van der Waals surface area contributed by atoms with Gasteiger partial charge in [-0.1, -0.05) is 0 Å². The van der Waals surface area contributed by atoms with Gasteiger partial charge in [-0.2, -0.15) is 5.06 Å². The molecule has 0 aromatic rings. The van der Waals surface area contributed by atoms with E-state index >= 15 is 0 Å². The summed E-state index contributed by atoms with van der Waals surface area (Å²) in [6, 6.07) is 0. The summed E-state index contributed by atoms with van der Waals surface area (Å²) in [6.07, 6.45) is 0.269. The van der Waals surface area contributed by atoms with Crippen LogP contribution in [0.2, 0.25) is 0 Å². The topological polar surface area (TPSA) is 32.7 Å². The van der Waals surface area contributed by atoms with Gasteiger partial charge in [0, 0.05) is 7.11 Å². The van der Waals surface area contributed by atoms with E-state index in [4.69, 9.17) is 9.94 Å². The lowest BCUT2D eigenvalue weighted by Gasteiger charge is -2.32. The Balaban J connectivity index is 2.06. The number of nitrogens with zero attached hydrogens (tertiary/aromatic N) is 1. The zero-order chi connectivity index (χ0) is 5.28. The largest absolute Gasteiger partial charge is 0.379 e. The summed E-state index contributed by atoms with van der Waals surface area (Å²) in [6.45, 7) is 1.33. The van der Waals surface area contributed by atoms with E-state index < -0.39 is 0 Å². The molecule has 3 heteroatoms. The molecule has 0 radical (unpaired) electrons. The highest BCUT2D eigenvalue weighted by molar-refractivity contribution is 4.72. The van der Waals surface area contributed by atoms with Gasteiger partial charge >= 0.3 is 0 Å². The molecule has 0 spiro atoms. The van der Waals surface area contributed by atoms with Gasteiger partial charge in [0.2, 0.25) is 0 Å². The van der Waals surface area contributed by atoms with E-state index in [2.05, 4.69) is 0 Å².